The van der Waals surface area contributed by atoms with E-state index < -0.39 is 22.0 Å². The molecule has 1 aliphatic rings. The Morgan fingerprint density at radius 2 is 2.11 bits per heavy atom. The largest absolute Gasteiger partial charge is 0.495 e. The summed E-state index contributed by atoms with van der Waals surface area (Å²) in [4.78, 5) is 11.1. The van der Waals surface area contributed by atoms with Gasteiger partial charge in [-0.1, -0.05) is 12.1 Å². The highest BCUT2D eigenvalue weighted by molar-refractivity contribution is 7.89. The van der Waals surface area contributed by atoms with Crippen molar-refractivity contribution >= 4 is 16.0 Å². The molecule has 0 aromatic heterocycles. The van der Waals surface area contributed by atoms with Crippen LogP contribution in [0.3, 0.4) is 0 Å². The van der Waals surface area contributed by atoms with Gasteiger partial charge in [0, 0.05) is 6.54 Å². The zero-order chi connectivity index (χ0) is 14.0. The number of carboxylic acid groups (broad SMARTS) is 1. The maximum atomic E-state index is 12.5. The van der Waals surface area contributed by atoms with Crippen LogP contribution in [0.2, 0.25) is 0 Å². The highest BCUT2D eigenvalue weighted by Gasteiger charge is 2.40. The summed E-state index contributed by atoms with van der Waals surface area (Å²) >= 11 is 0. The van der Waals surface area contributed by atoms with E-state index in [4.69, 9.17) is 9.84 Å². The number of aliphatic carboxylic acids is 1. The van der Waals surface area contributed by atoms with Gasteiger partial charge in [-0.3, -0.25) is 4.79 Å². The van der Waals surface area contributed by atoms with Crippen molar-refractivity contribution in [3.63, 3.8) is 0 Å². The van der Waals surface area contributed by atoms with Crippen LogP contribution in [-0.2, 0) is 14.8 Å². The molecule has 1 aromatic carbocycles. The molecule has 7 heteroatoms. The Morgan fingerprint density at radius 3 is 2.74 bits per heavy atom. The molecule has 1 aliphatic heterocycles. The lowest BCUT2D eigenvalue weighted by Crippen LogP contribution is -2.40. The number of hydrogen-bond donors (Lipinski definition) is 1. The Morgan fingerprint density at radius 1 is 1.42 bits per heavy atom. The molecule has 0 bridgehead atoms. The maximum Gasteiger partial charge on any atom is 0.322 e. The topological polar surface area (TPSA) is 83.9 Å². The van der Waals surface area contributed by atoms with E-state index in [1.165, 1.54) is 13.2 Å². The third kappa shape index (κ3) is 2.43. The third-order valence-electron chi connectivity index (χ3n) is 3.14. The van der Waals surface area contributed by atoms with E-state index in [1.807, 2.05) is 0 Å². The normalized spacial score (nSPS) is 20.4. The van der Waals surface area contributed by atoms with E-state index in [2.05, 4.69) is 0 Å². The van der Waals surface area contributed by atoms with Crippen molar-refractivity contribution in [3.05, 3.63) is 24.3 Å². The van der Waals surface area contributed by atoms with Crippen LogP contribution in [0.1, 0.15) is 12.8 Å². The lowest BCUT2D eigenvalue weighted by Gasteiger charge is -2.21. The van der Waals surface area contributed by atoms with Gasteiger partial charge in [0.1, 0.15) is 16.7 Å². The smallest absolute Gasteiger partial charge is 0.322 e. The number of nitrogens with zero attached hydrogens (tertiary/aromatic N) is 1. The lowest BCUT2D eigenvalue weighted by molar-refractivity contribution is -0.140. The molecule has 6 nitrogen and oxygen atoms in total. The zero-order valence-corrected chi connectivity index (χ0v) is 11.3. The molecule has 1 N–H and O–H groups in total. The van der Waals surface area contributed by atoms with Crippen molar-refractivity contribution in [2.24, 2.45) is 0 Å². The summed E-state index contributed by atoms with van der Waals surface area (Å²) in [7, 11) is -2.47. The summed E-state index contributed by atoms with van der Waals surface area (Å²) in [6.07, 6.45) is 0.884. The number of ether oxygens (including phenoxy) is 1. The number of para-hydroxylation sites is 1. The van der Waals surface area contributed by atoms with Crippen molar-refractivity contribution < 1.29 is 23.1 Å². The molecule has 1 unspecified atom stereocenters. The van der Waals surface area contributed by atoms with Gasteiger partial charge < -0.3 is 9.84 Å². The molecular formula is C12H15NO5S. The van der Waals surface area contributed by atoms with Crippen LogP contribution in [0.15, 0.2) is 29.2 Å². The number of methoxy groups -OCH3 is 1. The average molecular weight is 285 g/mol. The summed E-state index contributed by atoms with van der Waals surface area (Å²) in [5.74, 6) is -0.894. The van der Waals surface area contributed by atoms with Gasteiger partial charge in [0.2, 0.25) is 10.0 Å². The van der Waals surface area contributed by atoms with Crippen LogP contribution in [-0.4, -0.2) is 43.5 Å². The summed E-state index contributed by atoms with van der Waals surface area (Å²) in [5.41, 5.74) is 0. The van der Waals surface area contributed by atoms with E-state index in [9.17, 15) is 13.2 Å². The molecule has 1 atom stereocenters. The first-order valence-corrected chi connectivity index (χ1v) is 7.30. The van der Waals surface area contributed by atoms with E-state index in [1.54, 1.807) is 18.2 Å². The van der Waals surface area contributed by atoms with Gasteiger partial charge in [-0.15, -0.1) is 0 Å². The van der Waals surface area contributed by atoms with E-state index in [0.717, 1.165) is 4.31 Å². The fourth-order valence-corrected chi connectivity index (χ4v) is 4.04. The van der Waals surface area contributed by atoms with Crippen molar-refractivity contribution in [1.82, 2.24) is 4.31 Å². The molecule has 1 saturated heterocycles. The second-order valence-electron chi connectivity index (χ2n) is 4.26. The Hall–Kier alpha value is -1.60. The fourth-order valence-electron chi connectivity index (χ4n) is 2.23. The van der Waals surface area contributed by atoms with Gasteiger partial charge >= 0.3 is 5.97 Å². The molecule has 1 fully saturated rings. The van der Waals surface area contributed by atoms with Crippen LogP contribution in [0.5, 0.6) is 5.75 Å². The summed E-state index contributed by atoms with van der Waals surface area (Å²) < 4.78 is 31.1. The maximum absolute atomic E-state index is 12.5. The van der Waals surface area contributed by atoms with Gasteiger partial charge in [-0.25, -0.2) is 8.42 Å². The quantitative estimate of drug-likeness (QED) is 0.889. The minimum Gasteiger partial charge on any atom is -0.495 e. The fraction of sp³-hybridized carbons (Fsp3) is 0.417. The standard InChI is InChI=1S/C12H15NO5S/c1-18-10-6-2-3-7-11(10)19(16,17)13-8-4-5-9(13)12(14)15/h2-3,6-7,9H,4-5,8H2,1H3,(H,14,15). The molecule has 0 spiro atoms. The second kappa shape index (κ2) is 5.18. The first-order valence-electron chi connectivity index (χ1n) is 5.86. The number of carboxylic acids is 1. The molecule has 19 heavy (non-hydrogen) atoms. The summed E-state index contributed by atoms with van der Waals surface area (Å²) in [5, 5.41) is 9.08. The molecule has 104 valence electrons. The Bertz CT molecular complexity index is 584. The minimum atomic E-state index is -3.85. The highest BCUT2D eigenvalue weighted by atomic mass is 32.2. The SMILES string of the molecule is COc1ccccc1S(=O)(=O)N1CCCC1C(=O)O. The molecule has 0 radical (unpaired) electrons. The first-order chi connectivity index (χ1) is 8.98. The summed E-state index contributed by atoms with van der Waals surface area (Å²) in [6, 6.07) is 5.22. The molecule has 0 amide bonds. The number of benzene rings is 1. The van der Waals surface area contributed by atoms with Crippen LogP contribution in [0.4, 0.5) is 0 Å². The average Bonchev–Trinajstić information content (AvgIpc) is 2.88. The third-order valence-corrected chi connectivity index (χ3v) is 5.09. The van der Waals surface area contributed by atoms with Crippen LogP contribution in [0, 0.1) is 0 Å². The number of carbonyl (C=O) groups is 1. The number of rotatable bonds is 4. The molecule has 1 aromatic rings. The van der Waals surface area contributed by atoms with Gasteiger partial charge in [-0.2, -0.15) is 4.31 Å². The Labute approximate surface area is 111 Å². The highest BCUT2D eigenvalue weighted by Crippen LogP contribution is 2.31. The molecular weight excluding hydrogens is 270 g/mol. The van der Waals surface area contributed by atoms with E-state index in [-0.39, 0.29) is 17.2 Å². The van der Waals surface area contributed by atoms with Crippen molar-refractivity contribution in [1.29, 1.82) is 0 Å². The predicted molar refractivity (Wildman–Crippen MR) is 67.5 cm³/mol. The van der Waals surface area contributed by atoms with Gasteiger partial charge in [0.25, 0.3) is 0 Å². The van der Waals surface area contributed by atoms with Crippen LogP contribution in [0.25, 0.3) is 0 Å². The first kappa shape index (κ1) is 13.8. The number of sulfonamides is 1. The van der Waals surface area contributed by atoms with Crippen molar-refractivity contribution in [2.75, 3.05) is 13.7 Å². The zero-order valence-electron chi connectivity index (χ0n) is 10.4. The van der Waals surface area contributed by atoms with Crippen molar-refractivity contribution in [2.45, 2.75) is 23.8 Å². The van der Waals surface area contributed by atoms with Gasteiger partial charge in [0.15, 0.2) is 0 Å². The van der Waals surface area contributed by atoms with Crippen molar-refractivity contribution in [3.8, 4) is 5.75 Å². The Balaban J connectivity index is 2.45. The molecule has 0 aliphatic carbocycles. The summed E-state index contributed by atoms with van der Waals surface area (Å²) in [6.45, 7) is 0.220. The van der Waals surface area contributed by atoms with Gasteiger partial charge in [0.05, 0.1) is 7.11 Å². The molecule has 2 rings (SSSR count). The molecule has 0 saturated carbocycles. The monoisotopic (exact) mass is 285 g/mol. The van der Waals surface area contributed by atoms with Crippen LogP contribution >= 0.6 is 0 Å². The minimum absolute atomic E-state index is 0.00523. The second-order valence-corrected chi connectivity index (χ2v) is 6.12. The van der Waals surface area contributed by atoms with Gasteiger partial charge in [-0.05, 0) is 25.0 Å². The molecule has 1 heterocycles. The Kier molecular flexibility index (Phi) is 3.77. The predicted octanol–water partition coefficient (Wildman–Crippen LogP) is 0.933. The number of hydrogen-bond acceptors (Lipinski definition) is 4. The van der Waals surface area contributed by atoms with E-state index in [0.29, 0.717) is 12.8 Å². The lowest BCUT2D eigenvalue weighted by atomic mass is 10.2. The van der Waals surface area contributed by atoms with E-state index >= 15 is 0 Å². The van der Waals surface area contributed by atoms with Crippen LogP contribution < -0.4 is 4.74 Å².